The largest absolute Gasteiger partial charge is 0.378 e. The lowest BCUT2D eigenvalue weighted by Crippen LogP contribution is -2.52. The number of hydrogen-bond acceptors (Lipinski definition) is 6. The summed E-state index contributed by atoms with van der Waals surface area (Å²) in [5, 5.41) is 0. The Balaban J connectivity index is 1.34. The van der Waals surface area contributed by atoms with E-state index >= 15 is 0 Å². The molecule has 1 aromatic carbocycles. The highest BCUT2D eigenvalue weighted by molar-refractivity contribution is 5.55. The van der Waals surface area contributed by atoms with Gasteiger partial charge in [0.05, 0.1) is 11.8 Å². The summed E-state index contributed by atoms with van der Waals surface area (Å²) >= 11 is 0. The van der Waals surface area contributed by atoms with E-state index in [1.807, 2.05) is 4.90 Å². The Morgan fingerprint density at radius 1 is 0.931 bits per heavy atom. The second-order valence-corrected chi connectivity index (χ2v) is 7.46. The van der Waals surface area contributed by atoms with Crippen LogP contribution in [0.25, 0.3) is 11.6 Å². The highest BCUT2D eigenvalue weighted by atomic mass is 19.2. The van der Waals surface area contributed by atoms with E-state index in [0.29, 0.717) is 30.4 Å². The number of aromatic nitrogens is 4. The Morgan fingerprint density at radius 2 is 1.59 bits per heavy atom. The van der Waals surface area contributed by atoms with Crippen LogP contribution in [0.2, 0.25) is 0 Å². The molecule has 0 unspecified atom stereocenters. The smallest absolute Gasteiger partial charge is 0.197 e. The number of rotatable bonds is 5. The molecule has 3 heterocycles. The fraction of sp³-hybridized carbons (Fsp3) is 0.333. The van der Waals surface area contributed by atoms with Crippen molar-refractivity contribution in [1.29, 1.82) is 0 Å². The molecule has 2 aliphatic rings. The Bertz CT molecular complexity index is 1030. The molecular weight excluding hydrogens is 376 g/mol. The van der Waals surface area contributed by atoms with Crippen LogP contribution in [0.3, 0.4) is 0 Å². The van der Waals surface area contributed by atoms with E-state index < -0.39 is 11.6 Å². The molecule has 0 spiro atoms. The van der Waals surface area contributed by atoms with Gasteiger partial charge in [-0.2, -0.15) is 0 Å². The number of anilines is 1. The molecule has 5 rings (SSSR count). The molecule has 1 aliphatic heterocycles. The minimum Gasteiger partial charge on any atom is -0.378 e. The maximum atomic E-state index is 14.3. The summed E-state index contributed by atoms with van der Waals surface area (Å²) in [6.45, 7) is 1.14. The Morgan fingerprint density at radius 3 is 2.28 bits per heavy atom. The quantitative estimate of drug-likeness (QED) is 0.660. The first-order valence-electron chi connectivity index (χ1n) is 9.50. The van der Waals surface area contributed by atoms with Crippen LogP contribution in [0, 0.1) is 11.6 Å². The molecule has 0 bridgehead atoms. The van der Waals surface area contributed by atoms with Crippen LogP contribution < -0.4 is 4.90 Å². The molecule has 2 aromatic heterocycles. The van der Waals surface area contributed by atoms with Gasteiger partial charge in [0.2, 0.25) is 0 Å². The summed E-state index contributed by atoms with van der Waals surface area (Å²) < 4.78 is 33.8. The minimum atomic E-state index is -0.808. The van der Waals surface area contributed by atoms with E-state index in [1.54, 1.807) is 44.0 Å². The number of ether oxygens (including phenoxy) is 1. The fourth-order valence-electron chi connectivity index (χ4n) is 3.81. The first kappa shape index (κ1) is 18.1. The summed E-state index contributed by atoms with van der Waals surface area (Å²) in [5.74, 6) is -0.340. The van der Waals surface area contributed by atoms with Crippen LogP contribution in [0.1, 0.15) is 29.4 Å². The van der Waals surface area contributed by atoms with Crippen molar-refractivity contribution < 1.29 is 13.5 Å². The third-order valence-corrected chi connectivity index (χ3v) is 5.64. The van der Waals surface area contributed by atoms with Gasteiger partial charge in [0.15, 0.2) is 23.3 Å². The van der Waals surface area contributed by atoms with Crippen LogP contribution in [0.5, 0.6) is 0 Å². The van der Waals surface area contributed by atoms with Crippen molar-refractivity contribution in [3.05, 3.63) is 65.7 Å². The van der Waals surface area contributed by atoms with Gasteiger partial charge >= 0.3 is 0 Å². The molecule has 1 saturated heterocycles. The van der Waals surface area contributed by atoms with Gasteiger partial charge in [0, 0.05) is 45.0 Å². The standard InChI is InChI=1S/C21H19F2N5O/c1-29-14-10-28(11-14)18-6-12(5-17(22)19(18)23)15-7-16(15)13-8-26-21(27-9-13)20-24-3-2-4-25-20/h2-6,8-9,14-16H,7,10-11H2,1H3/t15-,16+/m1/s1. The van der Waals surface area contributed by atoms with Gasteiger partial charge in [-0.05, 0) is 47.6 Å². The summed E-state index contributed by atoms with van der Waals surface area (Å²) in [6, 6.07) is 4.81. The van der Waals surface area contributed by atoms with Crippen LogP contribution >= 0.6 is 0 Å². The summed E-state index contributed by atoms with van der Waals surface area (Å²) in [4.78, 5) is 18.8. The highest BCUT2D eigenvalue weighted by Gasteiger charge is 2.41. The SMILES string of the molecule is COC1CN(c2cc([C@H]3C[C@H]3c3cnc(-c4ncccn4)nc3)cc(F)c2F)C1. The third kappa shape index (κ3) is 3.33. The van der Waals surface area contributed by atoms with Gasteiger partial charge in [-0.15, -0.1) is 0 Å². The van der Waals surface area contributed by atoms with Crippen molar-refractivity contribution in [2.75, 3.05) is 25.1 Å². The topological polar surface area (TPSA) is 64.0 Å². The molecule has 148 valence electrons. The van der Waals surface area contributed by atoms with E-state index in [2.05, 4.69) is 19.9 Å². The normalized spacial score (nSPS) is 21.1. The Labute approximate surface area is 166 Å². The first-order chi connectivity index (χ1) is 14.1. The second-order valence-electron chi connectivity index (χ2n) is 7.46. The first-order valence-corrected chi connectivity index (χ1v) is 9.50. The van der Waals surface area contributed by atoms with Gasteiger partial charge < -0.3 is 9.64 Å². The van der Waals surface area contributed by atoms with Crippen molar-refractivity contribution in [1.82, 2.24) is 19.9 Å². The van der Waals surface area contributed by atoms with Gasteiger partial charge in [-0.1, -0.05) is 0 Å². The van der Waals surface area contributed by atoms with Crippen LogP contribution in [0.4, 0.5) is 14.5 Å². The zero-order valence-corrected chi connectivity index (χ0v) is 15.8. The summed E-state index contributed by atoms with van der Waals surface area (Å²) in [6.07, 6.45) is 7.74. The van der Waals surface area contributed by atoms with Gasteiger partial charge in [0.25, 0.3) is 0 Å². The van der Waals surface area contributed by atoms with E-state index in [9.17, 15) is 8.78 Å². The van der Waals surface area contributed by atoms with E-state index in [0.717, 1.165) is 17.5 Å². The molecule has 2 fully saturated rings. The number of nitrogens with zero attached hydrogens (tertiary/aromatic N) is 5. The monoisotopic (exact) mass is 395 g/mol. The zero-order chi connectivity index (χ0) is 20.0. The number of benzene rings is 1. The van der Waals surface area contributed by atoms with Crippen LogP contribution in [0.15, 0.2) is 43.0 Å². The molecule has 2 atom stereocenters. The van der Waals surface area contributed by atoms with Crippen molar-refractivity contribution >= 4 is 5.69 Å². The van der Waals surface area contributed by atoms with Gasteiger partial charge in [-0.3, -0.25) is 0 Å². The number of halogens is 2. The van der Waals surface area contributed by atoms with Crippen LogP contribution in [-0.2, 0) is 4.74 Å². The van der Waals surface area contributed by atoms with Gasteiger partial charge in [-0.25, -0.2) is 28.7 Å². The van der Waals surface area contributed by atoms with Crippen molar-refractivity contribution in [2.45, 2.75) is 24.4 Å². The Kier molecular flexibility index (Phi) is 4.43. The zero-order valence-electron chi connectivity index (χ0n) is 15.8. The average Bonchev–Trinajstić information content (AvgIpc) is 3.52. The lowest BCUT2D eigenvalue weighted by molar-refractivity contribution is 0.0783. The molecule has 6 nitrogen and oxygen atoms in total. The Hall–Kier alpha value is -3.00. The average molecular weight is 395 g/mol. The predicted octanol–water partition coefficient (Wildman–Crippen LogP) is 3.32. The fourth-order valence-corrected chi connectivity index (χ4v) is 3.81. The van der Waals surface area contributed by atoms with E-state index in [4.69, 9.17) is 4.74 Å². The van der Waals surface area contributed by atoms with Gasteiger partial charge in [0.1, 0.15) is 0 Å². The summed E-state index contributed by atoms with van der Waals surface area (Å²) in [5.41, 5.74) is 2.09. The lowest BCUT2D eigenvalue weighted by Gasteiger charge is -2.40. The van der Waals surface area contributed by atoms with E-state index in [-0.39, 0.29) is 17.9 Å². The molecule has 1 saturated carbocycles. The highest BCUT2D eigenvalue weighted by Crippen LogP contribution is 2.55. The molecule has 29 heavy (non-hydrogen) atoms. The van der Waals surface area contributed by atoms with Crippen molar-refractivity contribution in [2.24, 2.45) is 0 Å². The minimum absolute atomic E-state index is 0.0686. The van der Waals surface area contributed by atoms with Crippen molar-refractivity contribution in [3.8, 4) is 11.6 Å². The molecule has 1 aliphatic carbocycles. The summed E-state index contributed by atoms with van der Waals surface area (Å²) in [7, 11) is 1.63. The lowest BCUT2D eigenvalue weighted by atomic mass is 10.0. The molecule has 0 radical (unpaired) electrons. The maximum Gasteiger partial charge on any atom is 0.197 e. The maximum absolute atomic E-state index is 14.3. The van der Waals surface area contributed by atoms with Crippen molar-refractivity contribution in [3.63, 3.8) is 0 Å². The second kappa shape index (κ2) is 7.11. The molecule has 8 heteroatoms. The number of methoxy groups -OCH3 is 1. The molecule has 0 amide bonds. The van der Waals surface area contributed by atoms with Crippen LogP contribution in [-0.4, -0.2) is 46.2 Å². The third-order valence-electron chi connectivity index (χ3n) is 5.64. The predicted molar refractivity (Wildman–Crippen MR) is 103 cm³/mol. The molecule has 0 N–H and O–H groups in total. The van der Waals surface area contributed by atoms with E-state index in [1.165, 1.54) is 6.07 Å². The number of hydrogen-bond donors (Lipinski definition) is 0. The molecular formula is C21H19F2N5O. The molecule has 3 aromatic rings.